The summed E-state index contributed by atoms with van der Waals surface area (Å²) >= 11 is 0. The molecule has 0 saturated carbocycles. The predicted molar refractivity (Wildman–Crippen MR) is 299 cm³/mol. The van der Waals surface area contributed by atoms with E-state index in [4.69, 9.17) is 9.47 Å². The van der Waals surface area contributed by atoms with Crippen LogP contribution in [-0.4, -0.2) is 87.5 Å². The lowest BCUT2D eigenvalue weighted by Gasteiger charge is -2.40. The third-order valence-corrected chi connectivity index (χ3v) is 13.1. The maximum atomic E-state index is 12.9. The lowest BCUT2D eigenvalue weighted by Crippen LogP contribution is -2.60. The number of nitrogens with one attached hydrogen (secondary N) is 1. The number of ether oxygens (including phenoxy) is 2. The second kappa shape index (κ2) is 50.6. The molecule has 0 radical (unpaired) electrons. The number of hydrogen-bond donors (Lipinski definition) is 6. The van der Waals surface area contributed by atoms with Gasteiger partial charge in [-0.3, -0.25) is 4.79 Å². The van der Waals surface area contributed by atoms with Gasteiger partial charge in [0.05, 0.1) is 25.4 Å². The van der Waals surface area contributed by atoms with Crippen LogP contribution in [0.5, 0.6) is 0 Å². The second-order valence-electron chi connectivity index (χ2n) is 19.7. The molecule has 1 amide bonds. The molecule has 0 aromatic carbocycles. The van der Waals surface area contributed by atoms with E-state index in [9.17, 15) is 30.3 Å². The highest BCUT2D eigenvalue weighted by Gasteiger charge is 2.44. The van der Waals surface area contributed by atoms with E-state index in [0.29, 0.717) is 12.8 Å². The quantitative estimate of drug-likeness (QED) is 0.0261. The molecule has 0 aliphatic carbocycles. The van der Waals surface area contributed by atoms with Crippen molar-refractivity contribution in [3.05, 3.63) is 97.2 Å². The van der Waals surface area contributed by atoms with Crippen LogP contribution in [0.25, 0.3) is 0 Å². The zero-order chi connectivity index (χ0) is 51.5. The van der Waals surface area contributed by atoms with Crippen LogP contribution in [-0.2, 0) is 14.3 Å². The average Bonchev–Trinajstić information content (AvgIpc) is 3.37. The first-order valence-corrected chi connectivity index (χ1v) is 29.0. The normalized spacial score (nSPS) is 20.0. The molecule has 408 valence electrons. The van der Waals surface area contributed by atoms with Crippen molar-refractivity contribution < 1.29 is 39.8 Å². The zero-order valence-electron chi connectivity index (χ0n) is 45.2. The summed E-state index contributed by atoms with van der Waals surface area (Å²) in [5.41, 5.74) is 0. The fraction of sp³-hybridized carbons (Fsp3) is 0.726. The molecule has 7 atom stereocenters. The van der Waals surface area contributed by atoms with Crippen molar-refractivity contribution in [1.82, 2.24) is 5.32 Å². The van der Waals surface area contributed by atoms with E-state index in [1.54, 1.807) is 12.2 Å². The van der Waals surface area contributed by atoms with Gasteiger partial charge in [-0.15, -0.1) is 0 Å². The van der Waals surface area contributed by atoms with Crippen LogP contribution >= 0.6 is 0 Å². The number of carbonyl (C=O) groups is 1. The first kappa shape index (κ1) is 66.1. The van der Waals surface area contributed by atoms with Crippen molar-refractivity contribution in [3.63, 3.8) is 0 Å². The minimum atomic E-state index is -1.60. The number of aliphatic hydroxyl groups is 5. The van der Waals surface area contributed by atoms with Crippen molar-refractivity contribution in [1.29, 1.82) is 0 Å². The fourth-order valence-corrected chi connectivity index (χ4v) is 8.61. The van der Waals surface area contributed by atoms with Crippen LogP contribution < -0.4 is 5.32 Å². The molecule has 9 nitrogen and oxygen atoms in total. The van der Waals surface area contributed by atoms with Crippen LogP contribution in [0.15, 0.2) is 97.2 Å². The SMILES string of the molecule is CC/C=C\C/C=C\C/C=C\C/C=C\C/C=C\CC(=O)NC(COC1OC(CO)C(O)C(O)C1O)C(O)/C=C/CC/C=C/CC/C=C/CCCCCCCCCCCCCCCCCCCCCCCCC. The van der Waals surface area contributed by atoms with E-state index in [2.05, 4.69) is 86.0 Å². The molecule has 1 saturated heterocycles. The maximum absolute atomic E-state index is 12.9. The molecule has 9 heteroatoms. The van der Waals surface area contributed by atoms with Crippen LogP contribution in [0, 0.1) is 0 Å². The highest BCUT2D eigenvalue weighted by molar-refractivity contribution is 5.77. The zero-order valence-corrected chi connectivity index (χ0v) is 45.2. The highest BCUT2D eigenvalue weighted by atomic mass is 16.7. The maximum Gasteiger partial charge on any atom is 0.224 e. The Hall–Kier alpha value is -2.89. The lowest BCUT2D eigenvalue weighted by atomic mass is 9.99. The average molecular weight is 995 g/mol. The third kappa shape index (κ3) is 40.2. The first-order chi connectivity index (χ1) is 34.8. The Morgan fingerprint density at radius 3 is 1.32 bits per heavy atom. The van der Waals surface area contributed by atoms with Gasteiger partial charge in [-0.2, -0.15) is 0 Å². The number of unbranched alkanes of at least 4 members (excludes halogenated alkanes) is 25. The second-order valence-corrected chi connectivity index (χ2v) is 19.7. The molecule has 0 spiro atoms. The summed E-state index contributed by atoms with van der Waals surface area (Å²) in [5.74, 6) is -0.320. The Kier molecular flexibility index (Phi) is 47.2. The van der Waals surface area contributed by atoms with Gasteiger partial charge in [-0.05, 0) is 70.6 Å². The molecule has 7 unspecified atom stereocenters. The van der Waals surface area contributed by atoms with Gasteiger partial charge >= 0.3 is 0 Å². The van der Waals surface area contributed by atoms with E-state index in [-0.39, 0.29) is 18.9 Å². The predicted octanol–water partition coefficient (Wildman–Crippen LogP) is 14.4. The fourth-order valence-electron chi connectivity index (χ4n) is 8.61. The number of hydrogen-bond acceptors (Lipinski definition) is 8. The largest absolute Gasteiger partial charge is 0.394 e. The molecule has 1 rings (SSSR count). The first-order valence-electron chi connectivity index (χ1n) is 29.0. The van der Waals surface area contributed by atoms with Crippen LogP contribution in [0.3, 0.4) is 0 Å². The topological polar surface area (TPSA) is 149 Å². The molecule has 1 fully saturated rings. The number of allylic oxidation sites excluding steroid dienone is 14. The Morgan fingerprint density at radius 2 is 0.887 bits per heavy atom. The van der Waals surface area contributed by atoms with Gasteiger partial charge in [0, 0.05) is 6.42 Å². The third-order valence-electron chi connectivity index (χ3n) is 13.1. The Balaban J connectivity index is 2.24. The van der Waals surface area contributed by atoms with Crippen molar-refractivity contribution in [2.75, 3.05) is 13.2 Å². The number of amides is 1. The summed E-state index contributed by atoms with van der Waals surface area (Å²) in [6.07, 6.45) is 66.7. The van der Waals surface area contributed by atoms with Crippen molar-refractivity contribution in [2.24, 2.45) is 0 Å². The number of rotatable bonds is 48. The summed E-state index contributed by atoms with van der Waals surface area (Å²) in [7, 11) is 0. The highest BCUT2D eigenvalue weighted by Crippen LogP contribution is 2.23. The number of carbonyl (C=O) groups excluding carboxylic acids is 1. The van der Waals surface area contributed by atoms with Gasteiger partial charge in [-0.25, -0.2) is 0 Å². The molecule has 0 aromatic heterocycles. The van der Waals surface area contributed by atoms with Gasteiger partial charge in [0.15, 0.2) is 6.29 Å². The van der Waals surface area contributed by atoms with E-state index in [1.165, 1.54) is 148 Å². The standard InChI is InChI=1S/C62H107NO8/c1-3-5-7-9-11-13-15-17-19-20-21-22-23-24-25-26-27-28-29-30-31-32-33-34-35-36-38-39-41-43-45-47-49-51-56(65)55(54-70-62-61(69)60(68)59(67)57(53-64)71-62)63-58(66)52-50-48-46-44-42-40-37-18-16-14-12-10-8-6-4-2/h6,8,12,14,18,35-37,41-44,48-51,55-57,59-62,64-65,67-69H,3-5,7,9-11,13,15-17,19-34,38-40,45-47,52-54H2,1-2H3,(H,63,66)/b8-6-,14-12-,36-35+,37-18-,43-41+,44-42-,50-48-,51-49+. The van der Waals surface area contributed by atoms with Gasteiger partial charge in [-0.1, -0.05) is 252 Å². The summed E-state index contributed by atoms with van der Waals surface area (Å²) in [6.45, 7) is 3.58. The van der Waals surface area contributed by atoms with Crippen molar-refractivity contribution in [3.8, 4) is 0 Å². The Morgan fingerprint density at radius 1 is 0.493 bits per heavy atom. The molecule has 1 heterocycles. The summed E-state index contributed by atoms with van der Waals surface area (Å²) in [6, 6.07) is -0.889. The molecule has 0 aromatic rings. The van der Waals surface area contributed by atoms with Gasteiger partial charge in [0.1, 0.15) is 24.4 Å². The number of aliphatic hydroxyl groups excluding tert-OH is 5. The monoisotopic (exact) mass is 994 g/mol. The van der Waals surface area contributed by atoms with E-state index >= 15 is 0 Å². The Labute approximate surface area is 434 Å². The molecule has 6 N–H and O–H groups in total. The van der Waals surface area contributed by atoms with E-state index in [1.807, 2.05) is 18.2 Å². The van der Waals surface area contributed by atoms with Crippen molar-refractivity contribution in [2.45, 2.75) is 275 Å². The minimum absolute atomic E-state index is 0.0974. The lowest BCUT2D eigenvalue weighted by molar-refractivity contribution is -0.302. The smallest absolute Gasteiger partial charge is 0.224 e. The summed E-state index contributed by atoms with van der Waals surface area (Å²) < 4.78 is 11.2. The summed E-state index contributed by atoms with van der Waals surface area (Å²) in [5, 5.41) is 54.3. The van der Waals surface area contributed by atoms with Crippen LogP contribution in [0.2, 0.25) is 0 Å². The van der Waals surface area contributed by atoms with Crippen molar-refractivity contribution >= 4 is 5.91 Å². The van der Waals surface area contributed by atoms with E-state index < -0.39 is 49.5 Å². The molecule has 71 heavy (non-hydrogen) atoms. The van der Waals surface area contributed by atoms with E-state index in [0.717, 1.165) is 51.4 Å². The summed E-state index contributed by atoms with van der Waals surface area (Å²) in [4.78, 5) is 12.9. The molecular formula is C62H107NO8. The van der Waals surface area contributed by atoms with Gasteiger partial charge < -0.3 is 40.3 Å². The van der Waals surface area contributed by atoms with Crippen LogP contribution in [0.4, 0.5) is 0 Å². The molecule has 1 aliphatic heterocycles. The minimum Gasteiger partial charge on any atom is -0.394 e. The molecular weight excluding hydrogens is 887 g/mol. The van der Waals surface area contributed by atoms with Gasteiger partial charge in [0.25, 0.3) is 0 Å². The molecule has 0 bridgehead atoms. The molecule has 1 aliphatic rings. The Bertz CT molecular complexity index is 1430. The van der Waals surface area contributed by atoms with Gasteiger partial charge in [0.2, 0.25) is 5.91 Å². The van der Waals surface area contributed by atoms with Crippen LogP contribution in [0.1, 0.15) is 232 Å².